The molecule has 5 heteroatoms. The molecule has 4 aliphatic rings. The van der Waals surface area contributed by atoms with Gasteiger partial charge in [-0.3, -0.25) is 0 Å². The first-order chi connectivity index (χ1) is 13.0. The Bertz CT molecular complexity index is 909. The van der Waals surface area contributed by atoms with Crippen molar-refractivity contribution in [1.29, 1.82) is 0 Å². The van der Waals surface area contributed by atoms with Crippen LogP contribution in [-0.2, 0) is 12.8 Å². The van der Waals surface area contributed by atoms with Crippen LogP contribution in [0.5, 0.6) is 0 Å². The molecular weight excluding hydrogens is 336 g/mol. The van der Waals surface area contributed by atoms with Crippen LogP contribution in [0.3, 0.4) is 0 Å². The van der Waals surface area contributed by atoms with Gasteiger partial charge >= 0.3 is 0 Å². The minimum absolute atomic E-state index is 0.0779. The Morgan fingerprint density at radius 1 is 1.07 bits per heavy atom. The maximum absolute atomic E-state index is 10.7. The van der Waals surface area contributed by atoms with Gasteiger partial charge in [-0.2, -0.15) is 10.1 Å². The molecule has 27 heavy (non-hydrogen) atoms. The van der Waals surface area contributed by atoms with Crippen LogP contribution < -0.4 is 0 Å². The Morgan fingerprint density at radius 3 is 2.81 bits per heavy atom. The minimum atomic E-state index is -0.0779. The third-order valence-corrected chi connectivity index (χ3v) is 9.46. The van der Waals surface area contributed by atoms with Crippen molar-refractivity contribution in [1.82, 2.24) is 19.6 Å². The zero-order valence-electron chi connectivity index (χ0n) is 16.4. The molecule has 2 aromatic rings. The van der Waals surface area contributed by atoms with Crippen LogP contribution in [0.15, 0.2) is 12.5 Å². The van der Waals surface area contributed by atoms with Crippen LogP contribution in [0.4, 0.5) is 0 Å². The molecule has 3 saturated carbocycles. The van der Waals surface area contributed by atoms with E-state index in [4.69, 9.17) is 4.98 Å². The fourth-order valence-electron chi connectivity index (χ4n) is 7.92. The summed E-state index contributed by atoms with van der Waals surface area (Å²) in [6.07, 6.45) is 13.3. The Hall–Kier alpha value is -1.49. The van der Waals surface area contributed by atoms with Crippen LogP contribution >= 0.6 is 0 Å². The van der Waals surface area contributed by atoms with E-state index >= 15 is 0 Å². The van der Waals surface area contributed by atoms with Crippen molar-refractivity contribution in [3.8, 4) is 0 Å². The maximum atomic E-state index is 10.7. The van der Waals surface area contributed by atoms with E-state index in [9.17, 15) is 5.11 Å². The third-order valence-electron chi connectivity index (χ3n) is 9.46. The smallest absolute Gasteiger partial charge is 0.252 e. The van der Waals surface area contributed by atoms with Gasteiger partial charge in [0.05, 0.1) is 6.10 Å². The van der Waals surface area contributed by atoms with Crippen molar-refractivity contribution < 1.29 is 5.11 Å². The van der Waals surface area contributed by atoms with E-state index in [1.807, 2.05) is 4.52 Å². The second-order valence-electron chi connectivity index (χ2n) is 10.4. The van der Waals surface area contributed by atoms with Crippen molar-refractivity contribution in [2.75, 3.05) is 0 Å². The second kappa shape index (κ2) is 5.31. The van der Waals surface area contributed by atoms with Gasteiger partial charge < -0.3 is 5.11 Å². The summed E-state index contributed by atoms with van der Waals surface area (Å²) in [5.41, 5.74) is 3.17. The van der Waals surface area contributed by atoms with Gasteiger partial charge in [0.25, 0.3) is 5.78 Å². The van der Waals surface area contributed by atoms with Gasteiger partial charge in [0.1, 0.15) is 6.33 Å². The molecule has 2 heterocycles. The SMILES string of the molecule is C[C@]12Cc3cn4ncnc4nc3C[C@@H]1CC[C@H]1[C@@H]2CC[C@]2(C)[C@@H](O)CC[C@@H]12. The Kier molecular flexibility index (Phi) is 3.24. The average Bonchev–Trinajstić information content (AvgIpc) is 3.21. The summed E-state index contributed by atoms with van der Waals surface area (Å²) in [7, 11) is 0. The summed E-state index contributed by atoms with van der Waals surface area (Å²) in [6.45, 7) is 4.94. The molecule has 0 spiro atoms. The lowest BCUT2D eigenvalue weighted by Crippen LogP contribution is -2.54. The minimum Gasteiger partial charge on any atom is -0.393 e. The van der Waals surface area contributed by atoms with Crippen molar-refractivity contribution in [2.24, 2.45) is 34.5 Å². The number of hydrogen-bond donors (Lipinski definition) is 1. The van der Waals surface area contributed by atoms with E-state index in [-0.39, 0.29) is 11.5 Å². The molecule has 0 amide bonds. The van der Waals surface area contributed by atoms with Crippen molar-refractivity contribution >= 4 is 5.78 Å². The van der Waals surface area contributed by atoms with Gasteiger partial charge in [-0.25, -0.2) is 9.50 Å². The predicted molar refractivity (Wildman–Crippen MR) is 102 cm³/mol. The van der Waals surface area contributed by atoms with Crippen molar-refractivity contribution in [3.63, 3.8) is 0 Å². The van der Waals surface area contributed by atoms with E-state index < -0.39 is 0 Å². The molecule has 144 valence electrons. The highest BCUT2D eigenvalue weighted by atomic mass is 16.3. The zero-order valence-corrected chi connectivity index (χ0v) is 16.4. The standard InChI is InChI=1S/C22H30N4O/c1-21-8-7-17-15(16(21)5-6-19(21)27)4-3-14-9-18-13(10-22(14,17)2)11-26-20(25-18)23-12-24-26/h11-12,14-17,19,27H,3-10H2,1-2H3/t14-,15+,16-,17-,19-,21-,22-/m0/s1. The summed E-state index contributed by atoms with van der Waals surface area (Å²) >= 11 is 0. The van der Waals surface area contributed by atoms with E-state index in [1.54, 1.807) is 6.33 Å². The summed E-state index contributed by atoms with van der Waals surface area (Å²) in [5, 5.41) is 15.0. The second-order valence-corrected chi connectivity index (χ2v) is 10.4. The number of nitrogens with zero attached hydrogens (tertiary/aromatic N) is 4. The first-order valence-electron chi connectivity index (χ1n) is 10.9. The topological polar surface area (TPSA) is 63.3 Å². The van der Waals surface area contributed by atoms with Crippen molar-refractivity contribution in [2.45, 2.75) is 71.3 Å². The Morgan fingerprint density at radius 2 is 1.93 bits per heavy atom. The van der Waals surface area contributed by atoms with E-state index in [0.717, 1.165) is 48.7 Å². The van der Waals surface area contributed by atoms with Crippen LogP contribution in [0.1, 0.15) is 63.6 Å². The average molecular weight is 367 g/mol. The number of fused-ring (bicyclic) bond motifs is 7. The lowest BCUT2D eigenvalue weighted by atomic mass is 9.45. The van der Waals surface area contributed by atoms with E-state index in [1.165, 1.54) is 43.4 Å². The monoisotopic (exact) mass is 366 g/mol. The normalized spacial score (nSPS) is 45.8. The number of hydrogen-bond acceptors (Lipinski definition) is 4. The van der Waals surface area contributed by atoms with Crippen LogP contribution in [0.25, 0.3) is 5.78 Å². The largest absolute Gasteiger partial charge is 0.393 e. The molecule has 0 unspecified atom stereocenters. The van der Waals surface area contributed by atoms with Gasteiger partial charge in [0, 0.05) is 11.9 Å². The van der Waals surface area contributed by atoms with Gasteiger partial charge in [-0.1, -0.05) is 13.8 Å². The van der Waals surface area contributed by atoms with Gasteiger partial charge in [0.15, 0.2) is 0 Å². The number of aromatic nitrogens is 4. The first-order valence-corrected chi connectivity index (χ1v) is 10.9. The van der Waals surface area contributed by atoms with Crippen LogP contribution in [0.2, 0.25) is 0 Å². The lowest BCUT2D eigenvalue weighted by molar-refractivity contribution is -0.111. The molecule has 0 bridgehead atoms. The molecule has 0 radical (unpaired) electrons. The van der Waals surface area contributed by atoms with Gasteiger partial charge in [0.2, 0.25) is 0 Å². The number of aliphatic hydroxyl groups excluding tert-OH is 1. The molecule has 4 aliphatic carbocycles. The molecule has 0 saturated heterocycles. The molecule has 6 rings (SSSR count). The maximum Gasteiger partial charge on any atom is 0.252 e. The fraction of sp³-hybridized carbons (Fsp3) is 0.773. The van der Waals surface area contributed by atoms with Gasteiger partial charge in [-0.05, 0) is 91.4 Å². The van der Waals surface area contributed by atoms with Crippen molar-refractivity contribution in [3.05, 3.63) is 23.8 Å². The number of aliphatic hydroxyl groups is 1. The molecule has 5 nitrogen and oxygen atoms in total. The van der Waals surface area contributed by atoms with Gasteiger partial charge in [-0.15, -0.1) is 0 Å². The van der Waals surface area contributed by atoms with E-state index in [0.29, 0.717) is 5.41 Å². The fourth-order valence-corrected chi connectivity index (χ4v) is 7.92. The molecule has 3 fully saturated rings. The summed E-state index contributed by atoms with van der Waals surface area (Å²) in [6, 6.07) is 0. The highest BCUT2D eigenvalue weighted by Crippen LogP contribution is 2.65. The highest BCUT2D eigenvalue weighted by molar-refractivity contribution is 5.34. The lowest BCUT2D eigenvalue weighted by Gasteiger charge is -2.60. The molecule has 7 atom stereocenters. The number of rotatable bonds is 0. The molecule has 0 aromatic carbocycles. The summed E-state index contributed by atoms with van der Waals surface area (Å²) < 4.78 is 1.84. The predicted octanol–water partition coefficient (Wildman–Crippen LogP) is 3.44. The molecular formula is C22H30N4O. The third kappa shape index (κ3) is 2.07. The highest BCUT2D eigenvalue weighted by Gasteiger charge is 2.60. The molecule has 1 N–H and O–H groups in total. The first kappa shape index (κ1) is 16.5. The van der Waals surface area contributed by atoms with Crippen LogP contribution in [-0.4, -0.2) is 30.8 Å². The Labute approximate surface area is 160 Å². The Balaban J connectivity index is 1.38. The molecule has 0 aliphatic heterocycles. The summed E-state index contributed by atoms with van der Waals surface area (Å²) in [4.78, 5) is 9.11. The van der Waals surface area contributed by atoms with E-state index in [2.05, 4.69) is 30.1 Å². The van der Waals surface area contributed by atoms with Crippen LogP contribution in [0, 0.1) is 34.5 Å². The quantitative estimate of drug-likeness (QED) is 0.776. The molecule has 2 aromatic heterocycles. The summed E-state index contributed by atoms with van der Waals surface area (Å²) in [5.74, 6) is 3.78. The zero-order chi connectivity index (χ0) is 18.4.